The Morgan fingerprint density at radius 2 is 1.00 bits per heavy atom. The van der Waals surface area contributed by atoms with Crippen LogP contribution in [0.25, 0.3) is 0 Å². The highest BCUT2D eigenvalue weighted by molar-refractivity contribution is 6.04. The molecule has 0 amide bonds. The molecule has 8 bridgehead atoms. The standard InChI is InChI=1S/C42H58O11/c1-37(2,3)50-32(44)29-20-41(34(46)51-38(4,5)6,30-13-31(43)49-33(30)45)22-42(21-29,35(47)52-39-14-23-7-24(15-39)9-25(8-23)16-39)36(48)53-40-17-26-10-27(18-40)12-28(11-26)19-40/h23-30H,7-22H2,1-6H3. The Kier molecular flexibility index (Phi) is 8.55. The summed E-state index contributed by atoms with van der Waals surface area (Å²) in [5, 5.41) is 0. The summed E-state index contributed by atoms with van der Waals surface area (Å²) in [6, 6.07) is 0. The first-order valence-electron chi connectivity index (χ1n) is 20.3. The molecule has 1 heterocycles. The summed E-state index contributed by atoms with van der Waals surface area (Å²) in [5.41, 5.74) is -7.62. The summed E-state index contributed by atoms with van der Waals surface area (Å²) in [7, 11) is 0. The van der Waals surface area contributed by atoms with Crippen LogP contribution in [-0.4, -0.2) is 58.2 Å². The molecular formula is C42H58O11. The van der Waals surface area contributed by atoms with E-state index in [2.05, 4.69) is 0 Å². The Balaban J connectivity index is 1.25. The number of rotatable bonds is 7. The number of hydrogen-bond donors (Lipinski definition) is 0. The van der Waals surface area contributed by atoms with Crippen LogP contribution < -0.4 is 0 Å². The lowest BCUT2D eigenvalue weighted by Crippen LogP contribution is -2.62. The Bertz CT molecular complexity index is 1470. The van der Waals surface area contributed by atoms with Gasteiger partial charge in [0.1, 0.15) is 22.4 Å². The highest BCUT2D eigenvalue weighted by Gasteiger charge is 2.70. The largest absolute Gasteiger partial charge is 0.460 e. The number of ether oxygens (including phenoxy) is 5. The van der Waals surface area contributed by atoms with Gasteiger partial charge in [0.25, 0.3) is 0 Å². The van der Waals surface area contributed by atoms with E-state index in [1.165, 1.54) is 0 Å². The molecule has 11 heteroatoms. The number of hydrogen-bond acceptors (Lipinski definition) is 11. The van der Waals surface area contributed by atoms with Gasteiger partial charge in [-0.25, -0.2) is 0 Å². The van der Waals surface area contributed by atoms with Gasteiger partial charge >= 0.3 is 35.8 Å². The van der Waals surface area contributed by atoms with Crippen LogP contribution in [0.1, 0.15) is 144 Å². The van der Waals surface area contributed by atoms with E-state index in [-0.39, 0.29) is 12.8 Å². The molecule has 10 rings (SSSR count). The summed E-state index contributed by atoms with van der Waals surface area (Å²) in [5.74, 6) is -4.95. The van der Waals surface area contributed by atoms with Crippen molar-refractivity contribution in [1.29, 1.82) is 0 Å². The first-order chi connectivity index (χ1) is 24.7. The van der Waals surface area contributed by atoms with Crippen LogP contribution in [0.4, 0.5) is 0 Å². The van der Waals surface area contributed by atoms with Gasteiger partial charge in [0.2, 0.25) is 0 Å². The smallest absolute Gasteiger partial charge is 0.324 e. The zero-order chi connectivity index (χ0) is 37.9. The van der Waals surface area contributed by atoms with Crippen molar-refractivity contribution in [2.75, 3.05) is 0 Å². The summed E-state index contributed by atoms with van der Waals surface area (Å²) in [6.45, 7) is 10.2. The fourth-order valence-electron chi connectivity index (χ4n) is 13.3. The van der Waals surface area contributed by atoms with Gasteiger partial charge in [0.15, 0.2) is 5.41 Å². The third-order valence-corrected chi connectivity index (χ3v) is 14.3. The minimum Gasteiger partial charge on any atom is -0.460 e. The second-order valence-electron chi connectivity index (χ2n) is 21.1. The molecule has 0 spiro atoms. The lowest BCUT2D eigenvalue weighted by Gasteiger charge is -2.58. The van der Waals surface area contributed by atoms with E-state index < -0.39 is 93.7 Å². The van der Waals surface area contributed by atoms with Crippen LogP contribution in [-0.2, 0) is 52.5 Å². The van der Waals surface area contributed by atoms with Crippen molar-refractivity contribution in [2.24, 2.45) is 58.2 Å². The van der Waals surface area contributed by atoms with Gasteiger partial charge in [-0.2, -0.15) is 0 Å². The zero-order valence-electron chi connectivity index (χ0n) is 32.4. The number of carbonyl (C=O) groups is 6. The molecule has 1 aliphatic heterocycles. The molecule has 10 fully saturated rings. The van der Waals surface area contributed by atoms with Gasteiger partial charge in [-0.05, 0) is 173 Å². The highest BCUT2D eigenvalue weighted by atomic mass is 16.6. The van der Waals surface area contributed by atoms with E-state index in [9.17, 15) is 19.2 Å². The van der Waals surface area contributed by atoms with Crippen LogP contribution in [0.2, 0.25) is 0 Å². The van der Waals surface area contributed by atoms with Crippen LogP contribution in [0.5, 0.6) is 0 Å². The maximum absolute atomic E-state index is 15.4. The van der Waals surface area contributed by atoms with Crippen molar-refractivity contribution in [1.82, 2.24) is 0 Å². The average molecular weight is 739 g/mol. The van der Waals surface area contributed by atoms with Crippen LogP contribution >= 0.6 is 0 Å². The second-order valence-corrected chi connectivity index (χ2v) is 21.1. The molecular weight excluding hydrogens is 680 g/mol. The lowest BCUT2D eigenvalue weighted by molar-refractivity contribution is -0.224. The SMILES string of the molecule is CC(C)(C)OC(=O)C1CC(C(=O)OC23CC4CC(CC(C4)C2)C3)(C(=O)OC23CC4CC(CC(C4)C2)C3)CC(C(=O)OC(C)(C)C)(C2CC(=O)OC2=O)C1. The average Bonchev–Trinajstić information content (AvgIpc) is 3.35. The van der Waals surface area contributed by atoms with Crippen molar-refractivity contribution >= 4 is 35.8 Å². The maximum atomic E-state index is 15.4. The van der Waals surface area contributed by atoms with Gasteiger partial charge in [0.05, 0.1) is 23.7 Å². The fourth-order valence-corrected chi connectivity index (χ4v) is 13.3. The summed E-state index contributed by atoms with van der Waals surface area (Å²) in [6.07, 6.45) is 9.36. The molecule has 0 aromatic heterocycles. The number of carbonyl (C=O) groups excluding carboxylic acids is 6. The van der Waals surface area contributed by atoms with Gasteiger partial charge in [0, 0.05) is 0 Å². The molecule has 0 aromatic rings. The van der Waals surface area contributed by atoms with E-state index in [4.69, 9.17) is 23.7 Å². The van der Waals surface area contributed by atoms with E-state index in [0.29, 0.717) is 74.0 Å². The fraction of sp³-hybridized carbons (Fsp3) is 0.857. The maximum Gasteiger partial charge on any atom is 0.324 e. The van der Waals surface area contributed by atoms with Gasteiger partial charge in [-0.15, -0.1) is 0 Å². The third kappa shape index (κ3) is 6.72. The molecule has 0 radical (unpaired) electrons. The zero-order valence-corrected chi connectivity index (χ0v) is 32.4. The number of esters is 6. The van der Waals surface area contributed by atoms with Gasteiger partial charge in [-0.3, -0.25) is 28.8 Å². The lowest BCUT2D eigenvalue weighted by atomic mass is 9.52. The Hall–Kier alpha value is -2.98. The predicted molar refractivity (Wildman–Crippen MR) is 187 cm³/mol. The molecule has 9 saturated carbocycles. The van der Waals surface area contributed by atoms with Gasteiger partial charge < -0.3 is 23.7 Å². The first-order valence-corrected chi connectivity index (χ1v) is 20.3. The Morgan fingerprint density at radius 1 is 0.585 bits per heavy atom. The normalized spacial score (nSPS) is 44.0. The molecule has 11 nitrogen and oxygen atoms in total. The van der Waals surface area contributed by atoms with E-state index in [1.807, 2.05) is 0 Å². The Labute approximate surface area is 312 Å². The number of cyclic esters (lactones) is 2. The molecule has 3 atom stereocenters. The van der Waals surface area contributed by atoms with Crippen molar-refractivity contribution in [3.63, 3.8) is 0 Å². The van der Waals surface area contributed by atoms with Crippen LogP contribution in [0, 0.1) is 58.2 Å². The topological polar surface area (TPSA) is 149 Å². The summed E-state index contributed by atoms with van der Waals surface area (Å²) in [4.78, 5) is 86.3. The molecule has 3 unspecified atom stereocenters. The quantitative estimate of drug-likeness (QED) is 0.159. The molecule has 53 heavy (non-hydrogen) atoms. The van der Waals surface area contributed by atoms with Crippen molar-refractivity contribution < 1.29 is 52.5 Å². The second kappa shape index (κ2) is 12.3. The van der Waals surface area contributed by atoms with Crippen LogP contribution in [0.3, 0.4) is 0 Å². The van der Waals surface area contributed by atoms with E-state index in [1.54, 1.807) is 41.5 Å². The first kappa shape index (κ1) is 37.0. The molecule has 0 N–H and O–H groups in total. The molecule has 292 valence electrons. The van der Waals surface area contributed by atoms with E-state index >= 15 is 9.59 Å². The molecule has 0 aromatic carbocycles. The third-order valence-electron chi connectivity index (χ3n) is 14.3. The summed E-state index contributed by atoms with van der Waals surface area (Å²) < 4.78 is 30.4. The van der Waals surface area contributed by atoms with Crippen molar-refractivity contribution in [3.05, 3.63) is 0 Å². The minimum atomic E-state index is -2.16. The molecule has 1 saturated heterocycles. The molecule has 10 aliphatic rings. The van der Waals surface area contributed by atoms with Crippen LogP contribution in [0.15, 0.2) is 0 Å². The Morgan fingerprint density at radius 3 is 1.36 bits per heavy atom. The monoisotopic (exact) mass is 738 g/mol. The summed E-state index contributed by atoms with van der Waals surface area (Å²) >= 11 is 0. The minimum absolute atomic E-state index is 0.277. The van der Waals surface area contributed by atoms with E-state index in [0.717, 1.165) is 38.5 Å². The molecule has 9 aliphatic carbocycles. The predicted octanol–water partition coefficient (Wildman–Crippen LogP) is 6.56. The van der Waals surface area contributed by atoms with Crippen molar-refractivity contribution in [3.8, 4) is 0 Å². The van der Waals surface area contributed by atoms with Gasteiger partial charge in [-0.1, -0.05) is 0 Å². The van der Waals surface area contributed by atoms with Crippen molar-refractivity contribution in [2.45, 2.75) is 167 Å². The highest BCUT2D eigenvalue weighted by Crippen LogP contribution is 2.62.